The van der Waals surface area contributed by atoms with Crippen molar-refractivity contribution >= 4 is 32.6 Å². The van der Waals surface area contributed by atoms with Crippen LogP contribution in [0.1, 0.15) is 39.1 Å². The Labute approximate surface area is 181 Å². The lowest BCUT2D eigenvalue weighted by Crippen LogP contribution is -2.32. The fraction of sp³-hybridized carbons (Fsp3) is 0.280. The number of carbonyl (C=O) groups is 1. The zero-order chi connectivity index (χ0) is 21.4. The van der Waals surface area contributed by atoms with Crippen LogP contribution in [-0.2, 0) is 17.8 Å². The number of rotatable bonds is 5. The van der Waals surface area contributed by atoms with Gasteiger partial charge in [0.05, 0.1) is 29.4 Å². The Morgan fingerprint density at radius 1 is 1.00 bits per heavy atom. The van der Waals surface area contributed by atoms with Crippen molar-refractivity contribution in [1.82, 2.24) is 4.98 Å². The molecule has 0 unspecified atom stereocenters. The van der Waals surface area contributed by atoms with E-state index in [0.29, 0.717) is 18.1 Å². The average Bonchev–Trinajstić information content (AvgIpc) is 3.32. The molecule has 2 heterocycles. The summed E-state index contributed by atoms with van der Waals surface area (Å²) in [6.45, 7) is 10.7. The zero-order valence-corrected chi connectivity index (χ0v) is 18.9. The van der Waals surface area contributed by atoms with Crippen molar-refractivity contribution in [3.8, 4) is 0 Å². The maximum absolute atomic E-state index is 13.5. The first-order valence-corrected chi connectivity index (χ1v) is 10.9. The Bertz CT molecular complexity index is 1200. The van der Waals surface area contributed by atoms with Crippen molar-refractivity contribution in [1.29, 1.82) is 0 Å². The largest absolute Gasteiger partial charge is 0.467 e. The fourth-order valence-electron chi connectivity index (χ4n) is 4.03. The molecule has 0 spiro atoms. The molecule has 0 radical (unpaired) electrons. The summed E-state index contributed by atoms with van der Waals surface area (Å²) < 4.78 is 6.65. The molecule has 5 heteroatoms. The van der Waals surface area contributed by atoms with Gasteiger partial charge in [-0.1, -0.05) is 35.1 Å². The molecule has 0 saturated carbocycles. The van der Waals surface area contributed by atoms with Gasteiger partial charge in [0.1, 0.15) is 5.76 Å². The average molecular weight is 419 g/mol. The lowest BCUT2D eigenvalue weighted by atomic mass is 9.97. The standard InChI is InChI=1S/C25H26N2O2S/c1-15-9-17(3)21(18(4)10-15)13-23(28)27(14-20-7-6-8-29-20)25-26-24-19(5)11-16(2)12-22(24)30-25/h6-12H,13-14H2,1-5H3. The quantitative estimate of drug-likeness (QED) is 0.387. The Kier molecular flexibility index (Phi) is 5.48. The highest BCUT2D eigenvalue weighted by Crippen LogP contribution is 2.33. The van der Waals surface area contributed by atoms with Crippen molar-refractivity contribution in [3.05, 3.63) is 81.8 Å². The molecule has 4 nitrogen and oxygen atoms in total. The smallest absolute Gasteiger partial charge is 0.233 e. The molecule has 0 aliphatic rings. The molecule has 2 aromatic carbocycles. The molecule has 2 aromatic heterocycles. The molecular formula is C25H26N2O2S. The summed E-state index contributed by atoms with van der Waals surface area (Å²) in [7, 11) is 0. The SMILES string of the molecule is Cc1cc(C)c(CC(=O)N(Cc2ccco2)c2nc3c(C)cc(C)cc3s2)c(C)c1. The van der Waals surface area contributed by atoms with E-state index in [9.17, 15) is 4.79 Å². The summed E-state index contributed by atoms with van der Waals surface area (Å²) in [6, 6.07) is 12.3. The zero-order valence-electron chi connectivity index (χ0n) is 18.1. The van der Waals surface area contributed by atoms with E-state index in [-0.39, 0.29) is 5.91 Å². The van der Waals surface area contributed by atoms with Gasteiger partial charge < -0.3 is 4.42 Å². The second kappa shape index (κ2) is 8.07. The van der Waals surface area contributed by atoms with Gasteiger partial charge in [0, 0.05) is 0 Å². The summed E-state index contributed by atoms with van der Waals surface area (Å²) in [5, 5.41) is 0.711. The van der Waals surface area contributed by atoms with E-state index in [1.807, 2.05) is 12.1 Å². The van der Waals surface area contributed by atoms with Gasteiger partial charge in [-0.2, -0.15) is 0 Å². The van der Waals surface area contributed by atoms with Gasteiger partial charge in [-0.3, -0.25) is 9.69 Å². The Hall–Kier alpha value is -2.92. The van der Waals surface area contributed by atoms with Gasteiger partial charge in [-0.05, 0) is 80.6 Å². The van der Waals surface area contributed by atoms with Crippen LogP contribution < -0.4 is 4.90 Å². The minimum absolute atomic E-state index is 0.0230. The third-order valence-electron chi connectivity index (χ3n) is 5.41. The van der Waals surface area contributed by atoms with Crippen LogP contribution in [0.25, 0.3) is 10.2 Å². The van der Waals surface area contributed by atoms with Gasteiger partial charge in [0.15, 0.2) is 5.13 Å². The summed E-state index contributed by atoms with van der Waals surface area (Å²) in [4.78, 5) is 20.1. The molecule has 0 atom stereocenters. The van der Waals surface area contributed by atoms with Crippen LogP contribution in [0, 0.1) is 34.6 Å². The number of carbonyl (C=O) groups excluding carboxylic acids is 1. The number of nitrogens with zero attached hydrogens (tertiary/aromatic N) is 2. The number of thiazole rings is 1. The van der Waals surface area contributed by atoms with E-state index in [4.69, 9.17) is 9.40 Å². The first-order chi connectivity index (χ1) is 14.3. The number of anilines is 1. The van der Waals surface area contributed by atoms with Crippen LogP contribution in [0.4, 0.5) is 5.13 Å². The molecule has 154 valence electrons. The summed E-state index contributed by atoms with van der Waals surface area (Å²) in [6.07, 6.45) is 1.98. The number of aryl methyl sites for hydroxylation is 5. The predicted molar refractivity (Wildman–Crippen MR) is 123 cm³/mol. The summed E-state index contributed by atoms with van der Waals surface area (Å²) in [5.74, 6) is 0.766. The van der Waals surface area contributed by atoms with Crippen molar-refractivity contribution in [2.24, 2.45) is 0 Å². The maximum atomic E-state index is 13.5. The van der Waals surface area contributed by atoms with Crippen molar-refractivity contribution in [2.75, 3.05) is 4.90 Å². The van der Waals surface area contributed by atoms with Gasteiger partial charge >= 0.3 is 0 Å². The third-order valence-corrected chi connectivity index (χ3v) is 6.44. The van der Waals surface area contributed by atoms with Crippen LogP contribution in [0.15, 0.2) is 47.1 Å². The normalized spacial score (nSPS) is 11.2. The lowest BCUT2D eigenvalue weighted by Gasteiger charge is -2.20. The number of hydrogen-bond donors (Lipinski definition) is 0. The van der Waals surface area contributed by atoms with Gasteiger partial charge in [0.2, 0.25) is 5.91 Å². The van der Waals surface area contributed by atoms with E-state index in [1.54, 1.807) is 22.5 Å². The molecule has 0 N–H and O–H groups in total. The molecule has 0 aliphatic heterocycles. The number of amides is 1. The van der Waals surface area contributed by atoms with Crippen molar-refractivity contribution in [2.45, 2.75) is 47.6 Å². The highest BCUT2D eigenvalue weighted by molar-refractivity contribution is 7.22. The van der Waals surface area contributed by atoms with Crippen LogP contribution in [0.3, 0.4) is 0 Å². The fourth-order valence-corrected chi connectivity index (χ4v) is 5.19. The number of furan rings is 1. The van der Waals surface area contributed by atoms with Crippen molar-refractivity contribution in [3.63, 3.8) is 0 Å². The summed E-state index contributed by atoms with van der Waals surface area (Å²) in [5.41, 5.74) is 7.88. The Balaban J connectivity index is 1.73. The van der Waals surface area contributed by atoms with Crippen LogP contribution in [0.5, 0.6) is 0 Å². The minimum atomic E-state index is 0.0230. The van der Waals surface area contributed by atoms with E-state index in [2.05, 4.69) is 58.9 Å². The van der Waals surface area contributed by atoms with Crippen LogP contribution >= 0.6 is 11.3 Å². The number of aromatic nitrogens is 1. The molecule has 30 heavy (non-hydrogen) atoms. The molecule has 0 aliphatic carbocycles. The monoisotopic (exact) mass is 418 g/mol. The number of benzene rings is 2. The first-order valence-electron chi connectivity index (χ1n) is 10.1. The maximum Gasteiger partial charge on any atom is 0.233 e. The topological polar surface area (TPSA) is 46.3 Å². The highest BCUT2D eigenvalue weighted by atomic mass is 32.1. The lowest BCUT2D eigenvalue weighted by molar-refractivity contribution is -0.118. The van der Waals surface area contributed by atoms with E-state index in [1.165, 1.54) is 11.1 Å². The second-order valence-corrected chi connectivity index (χ2v) is 9.05. The van der Waals surface area contributed by atoms with Gasteiger partial charge in [-0.15, -0.1) is 0 Å². The Morgan fingerprint density at radius 2 is 1.67 bits per heavy atom. The van der Waals surface area contributed by atoms with Crippen LogP contribution in [-0.4, -0.2) is 10.9 Å². The third kappa shape index (κ3) is 4.03. The van der Waals surface area contributed by atoms with Crippen molar-refractivity contribution < 1.29 is 9.21 Å². The second-order valence-electron chi connectivity index (χ2n) is 8.04. The Morgan fingerprint density at radius 3 is 2.33 bits per heavy atom. The summed E-state index contributed by atoms with van der Waals surface area (Å²) >= 11 is 1.56. The minimum Gasteiger partial charge on any atom is -0.467 e. The van der Waals surface area contributed by atoms with Gasteiger partial charge in [-0.25, -0.2) is 4.98 Å². The van der Waals surface area contributed by atoms with E-state index < -0.39 is 0 Å². The number of hydrogen-bond acceptors (Lipinski definition) is 4. The number of fused-ring (bicyclic) bond motifs is 1. The molecule has 0 fully saturated rings. The molecule has 0 saturated heterocycles. The molecule has 0 bridgehead atoms. The first kappa shape index (κ1) is 20.4. The predicted octanol–water partition coefficient (Wildman–Crippen LogP) is 6.21. The van der Waals surface area contributed by atoms with E-state index in [0.717, 1.165) is 38.2 Å². The molecular weight excluding hydrogens is 392 g/mol. The van der Waals surface area contributed by atoms with Crippen LogP contribution in [0.2, 0.25) is 0 Å². The molecule has 4 aromatic rings. The van der Waals surface area contributed by atoms with E-state index >= 15 is 0 Å². The molecule has 4 rings (SSSR count). The molecule has 1 amide bonds. The highest BCUT2D eigenvalue weighted by Gasteiger charge is 2.23. The van der Waals surface area contributed by atoms with Gasteiger partial charge in [0.25, 0.3) is 0 Å².